The summed E-state index contributed by atoms with van der Waals surface area (Å²) in [6.45, 7) is 10.5. The van der Waals surface area contributed by atoms with Crippen LogP contribution >= 0.6 is 0 Å². The molecule has 59 heavy (non-hydrogen) atoms. The molecule has 5 heterocycles. The Morgan fingerprint density at radius 3 is 2.63 bits per heavy atom. The molecule has 2 aromatic carbocycles. The molecule has 9 rings (SSSR count). The molecule has 12 nitrogen and oxygen atoms in total. The van der Waals surface area contributed by atoms with Gasteiger partial charge in [-0.3, -0.25) is 9.69 Å². The van der Waals surface area contributed by atoms with Crippen molar-refractivity contribution in [2.24, 2.45) is 29.1 Å². The molecule has 4 aromatic rings. The van der Waals surface area contributed by atoms with Crippen LogP contribution in [0.1, 0.15) is 58.4 Å². The standard InChI is InChI=1S/C45H52F2N6O6/c1-6-28-33(46)11-10-26-17-27(54)18-29(35(26)28)38-37(47)39-36(41(48-38)57-5)40(52-15-16-58-23-44(4,56)22-52)50-43(49-39)59-24-45-12-7-9-34(45)51(14-8-13-45)19-30-31-20-53(21-32(30)31)42(55)25(2)3/h1,10-11,17-18,25,30-32,34,54,56H,7-9,12-16,19-24H2,2-5H3. The molecule has 14 heteroatoms. The molecule has 0 spiro atoms. The number of nitrogens with zero attached hydrogens (tertiary/aromatic N) is 6. The Kier molecular flexibility index (Phi) is 10.1. The first-order valence-electron chi connectivity index (χ1n) is 20.9. The smallest absolute Gasteiger partial charge is 0.319 e. The summed E-state index contributed by atoms with van der Waals surface area (Å²) in [6.07, 6.45) is 10.9. The van der Waals surface area contributed by atoms with Gasteiger partial charge in [-0.25, -0.2) is 13.8 Å². The number of hydrogen-bond acceptors (Lipinski definition) is 11. The van der Waals surface area contributed by atoms with E-state index < -0.39 is 17.2 Å². The highest BCUT2D eigenvalue weighted by Gasteiger charge is 2.58. The van der Waals surface area contributed by atoms with Crippen molar-refractivity contribution in [3.05, 3.63) is 41.5 Å². The van der Waals surface area contributed by atoms with E-state index >= 15 is 8.78 Å². The van der Waals surface area contributed by atoms with Crippen molar-refractivity contribution in [2.45, 2.75) is 64.5 Å². The summed E-state index contributed by atoms with van der Waals surface area (Å²) in [7, 11) is 1.40. The molecule has 2 aliphatic carbocycles. The number of β-amino-alcohol motifs (C(OH)–C–C–N with tert-alkyl or cyclic N) is 1. The quantitative estimate of drug-likeness (QED) is 0.200. The SMILES string of the molecule is C#Cc1c(F)ccc2cc(O)cc(-c3nc(OC)c4c(N5CCOCC(C)(O)C5)nc(OCC56CCCC5N(CC5C7CN(C(=O)C(C)C)CC75)CCC6)nc4c3F)c12. The summed E-state index contributed by atoms with van der Waals surface area (Å²) in [5.41, 5.74) is -1.84. The van der Waals surface area contributed by atoms with Crippen LogP contribution in [-0.4, -0.2) is 119 Å². The Labute approximate surface area is 342 Å². The summed E-state index contributed by atoms with van der Waals surface area (Å²) in [6, 6.07) is 5.68. The summed E-state index contributed by atoms with van der Waals surface area (Å²) >= 11 is 0. The van der Waals surface area contributed by atoms with Crippen LogP contribution in [-0.2, 0) is 9.53 Å². The monoisotopic (exact) mass is 810 g/mol. The Hall–Kier alpha value is -4.84. The largest absolute Gasteiger partial charge is 0.508 e. The number of phenolic OH excluding ortho intramolecular Hbond substituents is 1. The molecule has 5 fully saturated rings. The molecule has 1 amide bonds. The lowest BCUT2D eigenvalue weighted by atomic mass is 9.75. The highest BCUT2D eigenvalue weighted by Crippen LogP contribution is 2.55. The van der Waals surface area contributed by atoms with Crippen LogP contribution in [0.15, 0.2) is 24.3 Å². The number of rotatable bonds is 9. The van der Waals surface area contributed by atoms with Gasteiger partial charge in [0.25, 0.3) is 0 Å². The zero-order valence-electron chi connectivity index (χ0n) is 34.1. The van der Waals surface area contributed by atoms with Gasteiger partial charge in [0, 0.05) is 54.5 Å². The Morgan fingerprint density at radius 2 is 1.88 bits per heavy atom. The number of terminal acetylenes is 1. The van der Waals surface area contributed by atoms with E-state index in [0.29, 0.717) is 42.3 Å². The van der Waals surface area contributed by atoms with Gasteiger partial charge in [0.2, 0.25) is 11.8 Å². The molecule has 0 bridgehead atoms. The van der Waals surface area contributed by atoms with Crippen molar-refractivity contribution >= 4 is 33.4 Å². The lowest BCUT2D eigenvalue weighted by Gasteiger charge is -2.46. The van der Waals surface area contributed by atoms with Crippen LogP contribution in [0.3, 0.4) is 0 Å². The molecule has 3 aliphatic heterocycles. The molecule has 5 aliphatic rings. The molecule has 2 saturated carbocycles. The van der Waals surface area contributed by atoms with Gasteiger partial charge in [0.05, 0.1) is 39.0 Å². The third-order valence-corrected chi connectivity index (χ3v) is 13.6. The minimum absolute atomic E-state index is 0.0168. The molecule has 3 saturated heterocycles. The number of phenols is 1. The number of likely N-dealkylation sites (tertiary alicyclic amines) is 2. The molecule has 2 N–H and O–H groups in total. The van der Waals surface area contributed by atoms with E-state index in [-0.39, 0.29) is 93.6 Å². The predicted octanol–water partition coefficient (Wildman–Crippen LogP) is 5.78. The first kappa shape index (κ1) is 39.6. The number of fused-ring (bicyclic) bond motifs is 4. The predicted molar refractivity (Wildman–Crippen MR) is 218 cm³/mol. The molecular weight excluding hydrogens is 759 g/mol. The van der Waals surface area contributed by atoms with Crippen molar-refractivity contribution < 1.29 is 38.0 Å². The van der Waals surface area contributed by atoms with Gasteiger partial charge in [0.15, 0.2) is 5.82 Å². The number of amides is 1. The number of anilines is 1. The maximum atomic E-state index is 17.4. The van der Waals surface area contributed by atoms with E-state index in [1.54, 1.807) is 6.92 Å². The van der Waals surface area contributed by atoms with E-state index in [1.165, 1.54) is 31.4 Å². The maximum Gasteiger partial charge on any atom is 0.319 e. The van der Waals surface area contributed by atoms with Crippen LogP contribution in [0.2, 0.25) is 0 Å². The summed E-state index contributed by atoms with van der Waals surface area (Å²) in [5, 5.41) is 22.8. The normalized spacial score (nSPS) is 28.1. The van der Waals surface area contributed by atoms with Crippen LogP contribution in [0.4, 0.5) is 14.6 Å². The van der Waals surface area contributed by atoms with E-state index in [0.717, 1.165) is 58.3 Å². The van der Waals surface area contributed by atoms with Crippen LogP contribution in [0, 0.1) is 53.1 Å². The third-order valence-electron chi connectivity index (χ3n) is 13.6. The van der Waals surface area contributed by atoms with Gasteiger partial charge < -0.3 is 34.2 Å². The zero-order valence-corrected chi connectivity index (χ0v) is 34.1. The fourth-order valence-electron chi connectivity index (χ4n) is 10.8. The first-order valence-corrected chi connectivity index (χ1v) is 20.9. The number of carbonyl (C=O) groups is 1. The van der Waals surface area contributed by atoms with Crippen molar-refractivity contribution in [3.8, 4) is 41.2 Å². The minimum Gasteiger partial charge on any atom is -0.508 e. The molecular formula is C45H52F2N6O6. The number of benzene rings is 2. The van der Waals surface area contributed by atoms with Gasteiger partial charge >= 0.3 is 6.01 Å². The topological polar surface area (TPSA) is 134 Å². The second-order valence-electron chi connectivity index (χ2n) is 18.0. The fourth-order valence-corrected chi connectivity index (χ4v) is 10.8. The number of pyridine rings is 1. The lowest BCUT2D eigenvalue weighted by molar-refractivity contribution is -0.134. The Morgan fingerprint density at radius 1 is 1.10 bits per heavy atom. The van der Waals surface area contributed by atoms with Gasteiger partial charge in [-0.2, -0.15) is 9.97 Å². The van der Waals surface area contributed by atoms with E-state index in [2.05, 4.69) is 20.7 Å². The van der Waals surface area contributed by atoms with Gasteiger partial charge in [0.1, 0.15) is 39.6 Å². The number of aromatic nitrogens is 3. The molecule has 5 unspecified atom stereocenters. The number of halogens is 2. The summed E-state index contributed by atoms with van der Waals surface area (Å²) < 4.78 is 50.7. The van der Waals surface area contributed by atoms with E-state index in [1.807, 2.05) is 18.7 Å². The van der Waals surface area contributed by atoms with Crippen molar-refractivity contribution in [1.29, 1.82) is 0 Å². The first-order chi connectivity index (χ1) is 28.3. The highest BCUT2D eigenvalue weighted by molar-refractivity contribution is 6.04. The van der Waals surface area contributed by atoms with Crippen molar-refractivity contribution in [3.63, 3.8) is 0 Å². The number of piperidine rings is 2. The number of ether oxygens (including phenoxy) is 3. The second-order valence-corrected chi connectivity index (χ2v) is 18.0. The van der Waals surface area contributed by atoms with Crippen LogP contribution in [0.25, 0.3) is 32.9 Å². The van der Waals surface area contributed by atoms with Gasteiger partial charge in [-0.1, -0.05) is 32.3 Å². The lowest BCUT2D eigenvalue weighted by Crippen LogP contribution is -2.52. The fraction of sp³-hybridized carbons (Fsp3) is 0.556. The number of hydrogen-bond donors (Lipinski definition) is 2. The van der Waals surface area contributed by atoms with E-state index in [4.69, 9.17) is 30.6 Å². The van der Waals surface area contributed by atoms with Gasteiger partial charge in [-0.15, -0.1) is 6.42 Å². The maximum absolute atomic E-state index is 17.4. The average molecular weight is 811 g/mol. The van der Waals surface area contributed by atoms with Gasteiger partial charge in [-0.05, 0) is 80.5 Å². The van der Waals surface area contributed by atoms with Crippen LogP contribution in [0.5, 0.6) is 17.6 Å². The van der Waals surface area contributed by atoms with E-state index in [9.17, 15) is 15.0 Å². The Balaban J connectivity index is 1.08. The minimum atomic E-state index is -1.26. The summed E-state index contributed by atoms with van der Waals surface area (Å²) in [4.78, 5) is 33.4. The molecule has 0 radical (unpaired) electrons. The number of methoxy groups -OCH3 is 1. The average Bonchev–Trinajstić information content (AvgIpc) is 3.48. The molecule has 2 aromatic heterocycles. The van der Waals surface area contributed by atoms with Crippen molar-refractivity contribution in [1.82, 2.24) is 24.8 Å². The zero-order chi connectivity index (χ0) is 41.4. The van der Waals surface area contributed by atoms with Crippen LogP contribution < -0.4 is 14.4 Å². The number of aromatic hydroxyl groups is 1. The number of aliphatic hydroxyl groups is 1. The second kappa shape index (κ2) is 15.0. The molecule has 312 valence electrons. The summed E-state index contributed by atoms with van der Waals surface area (Å²) in [5.74, 6) is 2.91. The molecule has 5 atom stereocenters. The van der Waals surface area contributed by atoms with Crippen molar-refractivity contribution in [2.75, 3.05) is 71.1 Å². The Bertz CT molecular complexity index is 2360. The highest BCUT2D eigenvalue weighted by atomic mass is 19.1. The third kappa shape index (κ3) is 6.98. The number of carbonyl (C=O) groups excluding carboxylic acids is 1.